The van der Waals surface area contributed by atoms with E-state index in [-0.39, 0.29) is 6.08 Å². The van der Waals surface area contributed by atoms with E-state index >= 15 is 0 Å². The van der Waals surface area contributed by atoms with E-state index in [1.165, 1.54) is 37.7 Å². The maximum absolute atomic E-state index is 11.3. The van der Waals surface area contributed by atoms with Crippen molar-refractivity contribution < 1.29 is 14.3 Å². The fourth-order valence-electron chi connectivity index (χ4n) is 3.41. The molecule has 0 N–H and O–H groups in total. The van der Waals surface area contributed by atoms with Crippen molar-refractivity contribution in [3.63, 3.8) is 0 Å². The van der Waals surface area contributed by atoms with Crippen molar-refractivity contribution in [1.82, 2.24) is 0 Å². The van der Waals surface area contributed by atoms with Crippen LogP contribution >= 0.6 is 0 Å². The first-order valence-electron chi connectivity index (χ1n) is 10.2. The van der Waals surface area contributed by atoms with Crippen LogP contribution in [-0.2, 0) is 20.7 Å². The first-order chi connectivity index (χ1) is 13.8. The lowest BCUT2D eigenvalue weighted by molar-refractivity contribution is -0.115. The topological polar surface area (TPSA) is 47.9 Å². The molecule has 0 spiro atoms. The average molecular weight is 380 g/mol. The summed E-state index contributed by atoms with van der Waals surface area (Å²) < 4.78 is 11.2. The summed E-state index contributed by atoms with van der Waals surface area (Å²) in [6.45, 7) is 2.55. The minimum atomic E-state index is -0.632. The van der Waals surface area contributed by atoms with E-state index in [2.05, 4.69) is 35.3 Å². The number of benzene rings is 2. The molecule has 0 aromatic heterocycles. The van der Waals surface area contributed by atoms with Gasteiger partial charge >= 0.3 is 6.08 Å². The highest BCUT2D eigenvalue weighted by Crippen LogP contribution is 2.32. The van der Waals surface area contributed by atoms with Crippen LogP contribution in [0.1, 0.15) is 61.3 Å². The number of aldehydes is 1. The average Bonchev–Trinajstić information content (AvgIpc) is 2.73. The standard InChI is InChI=1S/C24H29NO3/c1-19-14-15-22-21(17-19)23(18-26)28-24(25-22)27-16-10-5-3-2-4-7-11-20-12-8-6-9-13-20/h6,8-9,12-15,17-18,23H,2-5,7,10-11,16H2,1H3. The van der Waals surface area contributed by atoms with Crippen molar-refractivity contribution in [2.45, 2.75) is 58.0 Å². The lowest BCUT2D eigenvalue weighted by atomic mass is 10.0. The Morgan fingerprint density at radius 3 is 2.54 bits per heavy atom. The summed E-state index contributed by atoms with van der Waals surface area (Å²) in [6, 6.07) is 16.5. The maximum Gasteiger partial charge on any atom is 0.389 e. The zero-order chi connectivity index (χ0) is 19.6. The third-order valence-corrected chi connectivity index (χ3v) is 4.98. The highest BCUT2D eigenvalue weighted by Gasteiger charge is 2.24. The molecule has 1 heterocycles. The van der Waals surface area contributed by atoms with Gasteiger partial charge in [0.05, 0.1) is 12.3 Å². The molecule has 4 heteroatoms. The fraction of sp³-hybridized carbons (Fsp3) is 0.417. The fourth-order valence-corrected chi connectivity index (χ4v) is 3.41. The lowest BCUT2D eigenvalue weighted by Gasteiger charge is -2.22. The van der Waals surface area contributed by atoms with E-state index < -0.39 is 6.10 Å². The molecule has 4 nitrogen and oxygen atoms in total. The number of rotatable bonds is 10. The number of aryl methyl sites for hydroxylation is 2. The Morgan fingerprint density at radius 1 is 1.00 bits per heavy atom. The molecule has 28 heavy (non-hydrogen) atoms. The Kier molecular flexibility index (Phi) is 7.65. The first-order valence-corrected chi connectivity index (χ1v) is 10.2. The van der Waals surface area contributed by atoms with Crippen LogP contribution in [0.5, 0.6) is 0 Å². The van der Waals surface area contributed by atoms with Crippen molar-refractivity contribution in [3.05, 3.63) is 65.2 Å². The molecule has 3 rings (SSSR count). The predicted molar refractivity (Wildman–Crippen MR) is 112 cm³/mol. The minimum Gasteiger partial charge on any atom is -0.450 e. The molecule has 0 aliphatic carbocycles. The van der Waals surface area contributed by atoms with Gasteiger partial charge in [0.2, 0.25) is 0 Å². The van der Waals surface area contributed by atoms with Crippen LogP contribution < -0.4 is 0 Å². The second-order valence-electron chi connectivity index (χ2n) is 7.32. The zero-order valence-electron chi connectivity index (χ0n) is 16.6. The minimum absolute atomic E-state index is 0.205. The number of hydrogen-bond acceptors (Lipinski definition) is 4. The summed E-state index contributed by atoms with van der Waals surface area (Å²) in [5.74, 6) is 0. The quantitative estimate of drug-likeness (QED) is 0.384. The molecule has 0 saturated heterocycles. The van der Waals surface area contributed by atoms with Crippen LogP contribution in [0.4, 0.5) is 5.69 Å². The van der Waals surface area contributed by atoms with Gasteiger partial charge in [0.15, 0.2) is 12.4 Å². The van der Waals surface area contributed by atoms with Gasteiger partial charge in [-0.2, -0.15) is 4.99 Å². The molecular formula is C24H29NO3. The Hall–Kier alpha value is -2.62. The number of unbranched alkanes of at least 4 members (excludes halogenated alkanes) is 5. The molecule has 0 amide bonds. The molecule has 0 saturated carbocycles. The van der Waals surface area contributed by atoms with Crippen LogP contribution in [0.2, 0.25) is 0 Å². The van der Waals surface area contributed by atoms with E-state index in [1.807, 2.05) is 25.1 Å². The lowest BCUT2D eigenvalue weighted by Crippen LogP contribution is -2.20. The maximum atomic E-state index is 11.3. The molecular weight excluding hydrogens is 350 g/mol. The third-order valence-electron chi connectivity index (χ3n) is 4.98. The highest BCUT2D eigenvalue weighted by molar-refractivity contribution is 5.80. The van der Waals surface area contributed by atoms with Crippen molar-refractivity contribution in [2.75, 3.05) is 6.61 Å². The molecule has 1 aliphatic heterocycles. The monoisotopic (exact) mass is 379 g/mol. The van der Waals surface area contributed by atoms with Crippen LogP contribution in [0.15, 0.2) is 53.5 Å². The van der Waals surface area contributed by atoms with Gasteiger partial charge in [-0.3, -0.25) is 4.79 Å². The van der Waals surface area contributed by atoms with E-state index in [9.17, 15) is 4.79 Å². The number of ether oxygens (including phenoxy) is 2. The largest absolute Gasteiger partial charge is 0.450 e. The van der Waals surface area contributed by atoms with Crippen LogP contribution in [0.25, 0.3) is 0 Å². The van der Waals surface area contributed by atoms with Gasteiger partial charge in [-0.1, -0.05) is 67.6 Å². The molecule has 1 unspecified atom stereocenters. The Morgan fingerprint density at radius 2 is 1.75 bits per heavy atom. The number of nitrogens with zero attached hydrogens (tertiary/aromatic N) is 1. The van der Waals surface area contributed by atoms with Crippen molar-refractivity contribution in [2.24, 2.45) is 4.99 Å². The van der Waals surface area contributed by atoms with Crippen LogP contribution in [0.3, 0.4) is 0 Å². The van der Waals surface area contributed by atoms with E-state index in [4.69, 9.17) is 9.47 Å². The molecule has 0 fully saturated rings. The first kappa shape index (κ1) is 20.1. The normalized spacial score (nSPS) is 15.3. The van der Waals surface area contributed by atoms with Crippen LogP contribution in [-0.4, -0.2) is 19.0 Å². The summed E-state index contributed by atoms with van der Waals surface area (Å²) in [5.41, 5.74) is 4.06. The van der Waals surface area contributed by atoms with Gasteiger partial charge in [-0.15, -0.1) is 0 Å². The van der Waals surface area contributed by atoms with Crippen molar-refractivity contribution >= 4 is 18.1 Å². The zero-order valence-corrected chi connectivity index (χ0v) is 16.6. The molecule has 0 radical (unpaired) electrons. The number of carbonyl (C=O) groups excluding carboxylic acids is 1. The number of hydrogen-bond donors (Lipinski definition) is 0. The van der Waals surface area contributed by atoms with Gasteiger partial charge in [0.25, 0.3) is 0 Å². The molecule has 1 atom stereocenters. The second-order valence-corrected chi connectivity index (χ2v) is 7.32. The summed E-state index contributed by atoms with van der Waals surface area (Å²) >= 11 is 0. The van der Waals surface area contributed by atoms with E-state index in [0.29, 0.717) is 6.61 Å². The highest BCUT2D eigenvalue weighted by atomic mass is 16.7. The van der Waals surface area contributed by atoms with Crippen molar-refractivity contribution in [3.8, 4) is 0 Å². The smallest absolute Gasteiger partial charge is 0.389 e. The number of carbonyl (C=O) groups is 1. The second kappa shape index (κ2) is 10.6. The van der Waals surface area contributed by atoms with Gasteiger partial charge in [-0.05, 0) is 43.9 Å². The van der Waals surface area contributed by atoms with Crippen LogP contribution in [0, 0.1) is 6.92 Å². The molecule has 148 valence electrons. The Bertz CT molecular complexity index is 786. The molecule has 2 aromatic carbocycles. The van der Waals surface area contributed by atoms with Crippen molar-refractivity contribution in [1.29, 1.82) is 0 Å². The number of fused-ring (bicyclic) bond motifs is 1. The SMILES string of the molecule is Cc1ccc2c(c1)C(C=O)OC(OCCCCCCCCc1ccccc1)=N2. The van der Waals surface area contributed by atoms with E-state index in [1.54, 1.807) is 0 Å². The summed E-state index contributed by atoms with van der Waals surface area (Å²) in [4.78, 5) is 15.7. The Balaban J connectivity index is 1.30. The Labute approximate surface area is 167 Å². The molecule has 1 aliphatic rings. The predicted octanol–water partition coefficient (Wildman–Crippen LogP) is 5.85. The molecule has 0 bridgehead atoms. The van der Waals surface area contributed by atoms with Gasteiger partial charge in [0.1, 0.15) is 0 Å². The van der Waals surface area contributed by atoms with Gasteiger partial charge in [-0.25, -0.2) is 0 Å². The third kappa shape index (κ3) is 5.95. The summed E-state index contributed by atoms with van der Waals surface area (Å²) in [6.07, 6.45) is 8.61. The summed E-state index contributed by atoms with van der Waals surface area (Å²) in [7, 11) is 0. The number of aliphatic imine (C=N–C) groups is 1. The van der Waals surface area contributed by atoms with E-state index in [0.717, 1.165) is 35.9 Å². The van der Waals surface area contributed by atoms with Gasteiger partial charge < -0.3 is 9.47 Å². The summed E-state index contributed by atoms with van der Waals surface area (Å²) in [5, 5.41) is 0. The molecule has 2 aromatic rings. The van der Waals surface area contributed by atoms with Gasteiger partial charge in [0, 0.05) is 5.56 Å².